The van der Waals surface area contributed by atoms with Crippen molar-refractivity contribution in [3.8, 4) is 28.0 Å². The molecule has 4 rings (SSSR count). The molecule has 0 saturated heterocycles. The summed E-state index contributed by atoms with van der Waals surface area (Å²) in [4.78, 5) is 24.9. The molecule has 0 spiro atoms. The number of carboxylic acid groups (broad SMARTS) is 1. The first kappa shape index (κ1) is 34.9. The average molecular weight is 615 g/mol. The van der Waals surface area contributed by atoms with Crippen LogP contribution in [0.3, 0.4) is 0 Å². The monoisotopic (exact) mass is 614 g/mol. The van der Waals surface area contributed by atoms with Crippen LogP contribution in [0.15, 0.2) is 72.8 Å². The maximum atomic E-state index is 14.1. The minimum absolute atomic E-state index is 0. The molecule has 0 aliphatic rings. The number of nitrogens with zero attached hydrogens (tertiary/aromatic N) is 1. The molecule has 0 bridgehead atoms. The smallest absolute Gasteiger partial charge is 0.550 e. The van der Waals surface area contributed by atoms with Gasteiger partial charge < -0.3 is 35.1 Å². The largest absolute Gasteiger partial charge is 1.00 e. The van der Waals surface area contributed by atoms with E-state index in [2.05, 4.69) is 5.32 Å². The van der Waals surface area contributed by atoms with Gasteiger partial charge in [0.15, 0.2) is 0 Å². The van der Waals surface area contributed by atoms with Gasteiger partial charge in [-0.25, -0.2) is 8.78 Å². The van der Waals surface area contributed by atoms with Crippen LogP contribution in [0.2, 0.25) is 0 Å². The van der Waals surface area contributed by atoms with Crippen LogP contribution in [0.25, 0.3) is 22.3 Å². The second-order valence-corrected chi connectivity index (χ2v) is 10.7. The predicted octanol–water partition coefficient (Wildman–Crippen LogP) is 1.83. The van der Waals surface area contributed by atoms with Crippen LogP contribution >= 0.6 is 0 Å². The Hall–Kier alpha value is -3.54. The minimum Gasteiger partial charge on any atom is -0.550 e. The van der Waals surface area contributed by atoms with E-state index in [0.29, 0.717) is 33.6 Å². The van der Waals surface area contributed by atoms with Crippen LogP contribution in [0, 0.1) is 11.6 Å². The zero-order valence-corrected chi connectivity index (χ0v) is 26.8. The van der Waals surface area contributed by atoms with Gasteiger partial charge in [0.1, 0.15) is 23.1 Å². The van der Waals surface area contributed by atoms with E-state index in [1.165, 1.54) is 36.4 Å². The molecular weight excluding hydrogens is 581 g/mol. The number of aliphatic carboxylic acids is 1. The Kier molecular flexibility index (Phi) is 12.3. The molecule has 0 radical (unpaired) electrons. The molecule has 44 heavy (non-hydrogen) atoms. The Morgan fingerprint density at radius 3 is 1.86 bits per heavy atom. The van der Waals surface area contributed by atoms with E-state index in [4.69, 9.17) is 0 Å². The van der Waals surface area contributed by atoms with Gasteiger partial charge in [-0.2, -0.15) is 0 Å². The van der Waals surface area contributed by atoms with Crippen LogP contribution in [0.4, 0.5) is 14.5 Å². The second-order valence-electron chi connectivity index (χ2n) is 10.7. The number of aliphatic hydroxyl groups excluding tert-OH is 2. The van der Waals surface area contributed by atoms with Gasteiger partial charge in [-0.3, -0.25) is 4.79 Å². The number of nitrogens with one attached hydrogen (secondary N) is 1. The Balaban J connectivity index is 0.00000529. The molecule has 8 nitrogen and oxygen atoms in total. The molecule has 4 N–H and O–H groups in total. The fourth-order valence-corrected chi connectivity index (χ4v) is 5.25. The fourth-order valence-electron chi connectivity index (χ4n) is 5.25. The minimum atomic E-state index is -1.43. The van der Waals surface area contributed by atoms with E-state index in [1.54, 1.807) is 36.4 Å². The number of hydrogen-bond donors (Lipinski definition) is 4. The summed E-state index contributed by atoms with van der Waals surface area (Å²) >= 11 is 0. The first-order chi connectivity index (χ1) is 20.4. The number of amides is 1. The van der Waals surface area contributed by atoms with E-state index >= 15 is 0 Å². The number of rotatable bonds is 12. The third kappa shape index (κ3) is 8.55. The summed E-state index contributed by atoms with van der Waals surface area (Å²) in [6, 6.07) is 17.1. The van der Waals surface area contributed by atoms with Crippen LogP contribution in [-0.2, 0) is 11.2 Å². The summed E-state index contributed by atoms with van der Waals surface area (Å²) < 4.78 is 29.9. The Bertz CT molecular complexity index is 1570. The number of halogens is 2. The van der Waals surface area contributed by atoms with Gasteiger partial charge in [0, 0.05) is 40.9 Å². The van der Waals surface area contributed by atoms with E-state index in [0.717, 1.165) is 0 Å². The number of carboxylic acids is 1. The molecule has 2 atom stereocenters. The van der Waals surface area contributed by atoms with Gasteiger partial charge >= 0.3 is 29.6 Å². The number of phenolic OH excluding ortho intramolecular Hbond substituents is 1. The van der Waals surface area contributed by atoms with E-state index in [9.17, 15) is 38.8 Å². The molecule has 0 fully saturated rings. The van der Waals surface area contributed by atoms with E-state index in [-0.39, 0.29) is 66.3 Å². The number of anilines is 1. The van der Waals surface area contributed by atoms with Crippen LogP contribution in [0.1, 0.15) is 55.3 Å². The number of aromatic nitrogens is 1. The number of aromatic hydroxyl groups is 1. The topological polar surface area (TPSA) is 135 Å². The Morgan fingerprint density at radius 1 is 0.841 bits per heavy atom. The van der Waals surface area contributed by atoms with Gasteiger partial charge in [0.2, 0.25) is 0 Å². The van der Waals surface area contributed by atoms with Crippen molar-refractivity contribution in [2.75, 3.05) is 5.32 Å². The standard InChI is InChI=1S/C33H34F2N2O6.Na/c1-19(2)37-28(16-15-26(39)17-27(40)18-29(41)42)30(20-3-7-22(34)8-4-20)31(21-5-9-23(35)10-6-21)32(37)33(43)36-24-11-13-25(38)14-12-24;/h3-14,19,26-27,38-40H,15-18H2,1-2H3,(H,36,43)(H,41,42);/q;+1/p-1/t26-,27-;/m1./s1. The van der Waals surface area contributed by atoms with Gasteiger partial charge in [-0.15, -0.1) is 0 Å². The van der Waals surface area contributed by atoms with Crippen molar-refractivity contribution >= 4 is 17.6 Å². The molecule has 0 saturated carbocycles. The molecule has 11 heteroatoms. The molecule has 0 unspecified atom stereocenters. The molecule has 1 amide bonds. The van der Waals surface area contributed by atoms with Crippen molar-refractivity contribution in [2.45, 2.75) is 57.8 Å². The number of carbonyl (C=O) groups is 2. The van der Waals surface area contributed by atoms with Gasteiger partial charge in [0.25, 0.3) is 5.91 Å². The number of benzene rings is 3. The SMILES string of the molecule is CC(C)n1c(CC[C@@H](O)C[C@@H](O)CC(=O)[O-])c(-c2ccc(F)cc2)c(-c2ccc(F)cc2)c1C(=O)Nc1ccc(O)cc1.[Na+]. The van der Waals surface area contributed by atoms with Crippen molar-refractivity contribution in [2.24, 2.45) is 0 Å². The molecular formula is C33H33F2N2NaO6. The fraction of sp³-hybridized carbons (Fsp3) is 0.273. The molecule has 226 valence electrons. The first-order valence-corrected chi connectivity index (χ1v) is 13.9. The Labute approximate surface area is 276 Å². The van der Waals surface area contributed by atoms with Gasteiger partial charge in [-0.05, 0) is 92.8 Å². The van der Waals surface area contributed by atoms with Crippen LogP contribution < -0.4 is 40.0 Å². The zero-order valence-electron chi connectivity index (χ0n) is 24.8. The number of carbonyl (C=O) groups excluding carboxylic acids is 2. The summed E-state index contributed by atoms with van der Waals surface area (Å²) in [5, 5.41) is 44.1. The molecule has 4 aromatic rings. The molecule has 1 aromatic heterocycles. The quantitative estimate of drug-likeness (QED) is 0.142. The number of phenols is 1. The van der Waals surface area contributed by atoms with Crippen LogP contribution in [-0.4, -0.2) is 44.0 Å². The van der Waals surface area contributed by atoms with Crippen molar-refractivity contribution in [3.05, 3.63) is 95.8 Å². The predicted molar refractivity (Wildman–Crippen MR) is 156 cm³/mol. The molecule has 1 heterocycles. The summed E-state index contributed by atoms with van der Waals surface area (Å²) in [7, 11) is 0. The van der Waals surface area contributed by atoms with Crippen LogP contribution in [0.5, 0.6) is 5.75 Å². The molecule has 3 aromatic carbocycles. The maximum absolute atomic E-state index is 14.1. The number of aliphatic hydroxyl groups is 2. The summed E-state index contributed by atoms with van der Waals surface area (Å²) in [6.07, 6.45) is -2.87. The average Bonchev–Trinajstić information content (AvgIpc) is 3.29. The number of hydrogen-bond acceptors (Lipinski definition) is 6. The van der Waals surface area contributed by atoms with Gasteiger partial charge in [0.05, 0.1) is 12.2 Å². The summed E-state index contributed by atoms with van der Waals surface area (Å²) in [5.74, 6) is -2.82. The molecule has 0 aliphatic heterocycles. The van der Waals surface area contributed by atoms with Crippen molar-refractivity contribution in [1.29, 1.82) is 0 Å². The second kappa shape index (κ2) is 15.5. The van der Waals surface area contributed by atoms with Gasteiger partial charge in [-0.1, -0.05) is 24.3 Å². The van der Waals surface area contributed by atoms with E-state index in [1.807, 2.05) is 18.4 Å². The Morgan fingerprint density at radius 2 is 1.36 bits per heavy atom. The first-order valence-electron chi connectivity index (χ1n) is 13.9. The maximum Gasteiger partial charge on any atom is 1.00 e. The van der Waals surface area contributed by atoms with Crippen molar-refractivity contribution in [3.63, 3.8) is 0 Å². The van der Waals surface area contributed by atoms with E-state index < -0.39 is 42.1 Å². The zero-order chi connectivity index (χ0) is 31.3. The molecule has 0 aliphatic carbocycles. The third-order valence-corrected chi connectivity index (χ3v) is 7.09. The summed E-state index contributed by atoms with van der Waals surface area (Å²) in [6.45, 7) is 3.76. The normalized spacial score (nSPS) is 12.4. The summed E-state index contributed by atoms with van der Waals surface area (Å²) in [5.41, 5.74) is 3.46. The third-order valence-electron chi connectivity index (χ3n) is 7.09. The van der Waals surface area contributed by atoms with Crippen molar-refractivity contribution < 1.29 is 68.4 Å². The van der Waals surface area contributed by atoms with Crippen molar-refractivity contribution in [1.82, 2.24) is 4.57 Å².